The first-order valence-electron chi connectivity index (χ1n) is 4.86. The van der Waals surface area contributed by atoms with Crippen LogP contribution < -0.4 is 0 Å². The molecule has 0 aliphatic carbocycles. The van der Waals surface area contributed by atoms with Crippen molar-refractivity contribution in [1.82, 2.24) is 9.78 Å². The lowest BCUT2D eigenvalue weighted by molar-refractivity contribution is 0.0689. The molecule has 0 unspecified atom stereocenters. The van der Waals surface area contributed by atoms with Crippen LogP contribution in [0.25, 0.3) is 11.3 Å². The maximum Gasteiger partial charge on any atom is 0.356 e. The molecule has 0 amide bonds. The van der Waals surface area contributed by atoms with Gasteiger partial charge in [0.25, 0.3) is 0 Å². The minimum atomic E-state index is -1.22. The van der Waals surface area contributed by atoms with E-state index in [1.807, 2.05) is 0 Å². The number of benzene rings is 1. The van der Waals surface area contributed by atoms with Crippen LogP contribution in [0.3, 0.4) is 0 Å². The first-order chi connectivity index (χ1) is 8.41. The Morgan fingerprint density at radius 1 is 1.50 bits per heavy atom. The zero-order valence-corrected chi connectivity index (χ0v) is 10.8. The minimum absolute atomic E-state index is 0.0909. The third-order valence-corrected chi connectivity index (χ3v) is 3.04. The zero-order chi connectivity index (χ0) is 13.4. The van der Waals surface area contributed by atoms with Gasteiger partial charge in [0.15, 0.2) is 5.69 Å². The largest absolute Gasteiger partial charge is 0.507 e. The van der Waals surface area contributed by atoms with Crippen LogP contribution in [0.5, 0.6) is 5.75 Å². The molecule has 5 nitrogen and oxygen atoms in total. The molecule has 0 spiro atoms. The van der Waals surface area contributed by atoms with Crippen LogP contribution in [0.15, 0.2) is 22.7 Å². The third kappa shape index (κ3) is 1.97. The lowest BCUT2D eigenvalue weighted by Gasteiger charge is -2.07. The fourth-order valence-corrected chi connectivity index (χ4v) is 1.92. The van der Waals surface area contributed by atoms with Crippen molar-refractivity contribution in [3.05, 3.63) is 34.2 Å². The molecular formula is C11H8BrFN2O3. The number of aromatic nitrogens is 2. The van der Waals surface area contributed by atoms with Gasteiger partial charge in [-0.1, -0.05) is 0 Å². The number of hydrogen-bond acceptors (Lipinski definition) is 3. The van der Waals surface area contributed by atoms with E-state index in [-0.39, 0.29) is 27.2 Å². The molecule has 2 rings (SSSR count). The molecule has 0 aliphatic heterocycles. The molecule has 0 aliphatic rings. The number of phenolic OH excluding ortho intramolecular Hbond substituents is 1. The Hall–Kier alpha value is -1.89. The Morgan fingerprint density at radius 2 is 2.17 bits per heavy atom. The standard InChI is InChI=1S/C11H8BrFN2O3/c1-15-7(4-6(14-15)11(17)18)9-8(16)3-2-5(12)10(9)13/h2-4,16H,1H3,(H,17,18). The van der Waals surface area contributed by atoms with E-state index in [1.54, 1.807) is 0 Å². The maximum absolute atomic E-state index is 13.9. The van der Waals surface area contributed by atoms with Crippen molar-refractivity contribution < 1.29 is 19.4 Å². The fraction of sp³-hybridized carbons (Fsp3) is 0.0909. The molecule has 1 aromatic heterocycles. The van der Waals surface area contributed by atoms with E-state index in [2.05, 4.69) is 21.0 Å². The maximum atomic E-state index is 13.9. The molecule has 2 N–H and O–H groups in total. The Bertz CT molecular complexity index is 639. The molecule has 1 aromatic carbocycles. The second-order valence-electron chi connectivity index (χ2n) is 3.60. The average molecular weight is 315 g/mol. The van der Waals surface area contributed by atoms with E-state index in [1.165, 1.54) is 29.9 Å². The number of carboxylic acid groups (broad SMARTS) is 1. The van der Waals surface area contributed by atoms with Crippen LogP contribution in [0.1, 0.15) is 10.5 Å². The summed E-state index contributed by atoms with van der Waals surface area (Å²) in [5.41, 5.74) is -0.123. The second-order valence-corrected chi connectivity index (χ2v) is 4.45. The van der Waals surface area contributed by atoms with Crippen molar-refractivity contribution in [2.75, 3.05) is 0 Å². The van der Waals surface area contributed by atoms with Crippen molar-refractivity contribution in [1.29, 1.82) is 0 Å². The van der Waals surface area contributed by atoms with Crippen LogP contribution in [-0.2, 0) is 7.05 Å². The van der Waals surface area contributed by atoms with Gasteiger partial charge >= 0.3 is 5.97 Å². The third-order valence-electron chi connectivity index (χ3n) is 2.43. The molecule has 0 saturated carbocycles. The second kappa shape index (κ2) is 4.41. The number of halogens is 2. The quantitative estimate of drug-likeness (QED) is 0.892. The zero-order valence-electron chi connectivity index (χ0n) is 9.19. The van der Waals surface area contributed by atoms with Gasteiger partial charge in [0.2, 0.25) is 0 Å². The molecule has 0 fully saturated rings. The van der Waals surface area contributed by atoms with Gasteiger partial charge in [0.1, 0.15) is 11.6 Å². The number of rotatable bonds is 2. The highest BCUT2D eigenvalue weighted by molar-refractivity contribution is 9.10. The van der Waals surface area contributed by atoms with Gasteiger partial charge in [-0.2, -0.15) is 5.10 Å². The first-order valence-corrected chi connectivity index (χ1v) is 5.65. The van der Waals surface area contributed by atoms with Gasteiger partial charge in [-0.25, -0.2) is 9.18 Å². The number of hydrogen-bond donors (Lipinski definition) is 2. The molecule has 0 atom stereocenters. The summed E-state index contributed by atoms with van der Waals surface area (Å²) in [5, 5.41) is 22.2. The van der Waals surface area contributed by atoms with Crippen molar-refractivity contribution in [3.63, 3.8) is 0 Å². The Labute approximate surface area is 110 Å². The highest BCUT2D eigenvalue weighted by atomic mass is 79.9. The molecule has 0 bridgehead atoms. The lowest BCUT2D eigenvalue weighted by Crippen LogP contribution is -1.99. The average Bonchev–Trinajstić information content (AvgIpc) is 2.67. The van der Waals surface area contributed by atoms with E-state index >= 15 is 0 Å². The summed E-state index contributed by atoms with van der Waals surface area (Å²) < 4.78 is 15.3. The summed E-state index contributed by atoms with van der Waals surface area (Å²) >= 11 is 3.01. The number of aromatic carboxylic acids is 1. The Kier molecular flexibility index (Phi) is 3.08. The number of nitrogens with zero attached hydrogens (tertiary/aromatic N) is 2. The van der Waals surface area contributed by atoms with E-state index in [4.69, 9.17) is 5.11 Å². The highest BCUT2D eigenvalue weighted by Gasteiger charge is 2.20. The van der Waals surface area contributed by atoms with Gasteiger partial charge in [-0.15, -0.1) is 0 Å². The SMILES string of the molecule is Cn1nc(C(=O)O)cc1-c1c(O)ccc(Br)c1F. The van der Waals surface area contributed by atoms with Crippen LogP contribution in [0.4, 0.5) is 4.39 Å². The number of aromatic hydroxyl groups is 1. The molecule has 18 heavy (non-hydrogen) atoms. The van der Waals surface area contributed by atoms with Crippen LogP contribution >= 0.6 is 15.9 Å². The van der Waals surface area contributed by atoms with Gasteiger partial charge in [-0.3, -0.25) is 4.68 Å². The minimum Gasteiger partial charge on any atom is -0.507 e. The monoisotopic (exact) mass is 314 g/mol. The number of carboxylic acids is 1. The van der Waals surface area contributed by atoms with E-state index < -0.39 is 11.8 Å². The summed E-state index contributed by atoms with van der Waals surface area (Å²) in [6.45, 7) is 0. The molecule has 2 aromatic rings. The number of aryl methyl sites for hydroxylation is 1. The predicted octanol–water partition coefficient (Wildman–Crippen LogP) is 2.39. The van der Waals surface area contributed by atoms with Gasteiger partial charge < -0.3 is 10.2 Å². The van der Waals surface area contributed by atoms with E-state index in [0.29, 0.717) is 0 Å². The fourth-order valence-electron chi connectivity index (χ4n) is 1.59. The molecule has 0 radical (unpaired) electrons. The van der Waals surface area contributed by atoms with E-state index in [0.717, 1.165) is 0 Å². The summed E-state index contributed by atoms with van der Waals surface area (Å²) in [4.78, 5) is 10.8. The lowest BCUT2D eigenvalue weighted by atomic mass is 10.1. The van der Waals surface area contributed by atoms with Crippen LogP contribution in [0, 0.1) is 5.82 Å². The molecule has 7 heteroatoms. The van der Waals surface area contributed by atoms with Gasteiger partial charge in [0.05, 0.1) is 15.7 Å². The van der Waals surface area contributed by atoms with Crippen molar-refractivity contribution >= 4 is 21.9 Å². The van der Waals surface area contributed by atoms with Crippen LogP contribution in [0.2, 0.25) is 0 Å². The van der Waals surface area contributed by atoms with E-state index in [9.17, 15) is 14.3 Å². The first kappa shape index (κ1) is 12.6. The van der Waals surface area contributed by atoms with Crippen LogP contribution in [-0.4, -0.2) is 26.0 Å². The Morgan fingerprint density at radius 3 is 2.72 bits per heavy atom. The highest BCUT2D eigenvalue weighted by Crippen LogP contribution is 2.35. The number of carbonyl (C=O) groups is 1. The van der Waals surface area contributed by atoms with Crippen molar-refractivity contribution in [2.24, 2.45) is 7.05 Å². The van der Waals surface area contributed by atoms with Gasteiger partial charge in [-0.05, 0) is 34.1 Å². The Balaban J connectivity index is 2.69. The molecule has 94 valence electrons. The number of phenols is 1. The smallest absolute Gasteiger partial charge is 0.356 e. The topological polar surface area (TPSA) is 75.4 Å². The van der Waals surface area contributed by atoms with Gasteiger partial charge in [0, 0.05) is 7.05 Å². The molecular weight excluding hydrogens is 307 g/mol. The van der Waals surface area contributed by atoms with Crippen molar-refractivity contribution in [3.8, 4) is 17.0 Å². The molecule has 1 heterocycles. The summed E-state index contributed by atoms with van der Waals surface area (Å²) in [7, 11) is 1.47. The van der Waals surface area contributed by atoms with Crippen molar-refractivity contribution in [2.45, 2.75) is 0 Å². The predicted molar refractivity (Wildman–Crippen MR) is 64.9 cm³/mol. The summed E-state index contributed by atoms with van der Waals surface area (Å²) in [6, 6.07) is 3.88. The molecule has 0 saturated heterocycles. The normalized spacial score (nSPS) is 10.6. The summed E-state index contributed by atoms with van der Waals surface area (Å²) in [5.74, 6) is -2.17. The summed E-state index contributed by atoms with van der Waals surface area (Å²) in [6.07, 6.45) is 0.